The van der Waals surface area contributed by atoms with Crippen LogP contribution in [0, 0.1) is 27.4 Å². The smallest absolute Gasteiger partial charge is 0.340 e. The number of nitro benzene ring substituents is 1. The van der Waals surface area contributed by atoms with Crippen LogP contribution in [0.3, 0.4) is 0 Å². The first kappa shape index (κ1) is 25.5. The number of ether oxygens (including phenoxy) is 1. The van der Waals surface area contributed by atoms with Crippen LogP contribution < -0.4 is 5.32 Å². The fourth-order valence-electron chi connectivity index (χ4n) is 3.84. The second kappa shape index (κ2) is 11.3. The van der Waals surface area contributed by atoms with E-state index >= 15 is 0 Å². The number of esters is 1. The molecule has 9 nitrogen and oxygen atoms in total. The fraction of sp³-hybridized carbons (Fsp3) is 0.240. The normalized spacial score (nSPS) is 11.4. The van der Waals surface area contributed by atoms with Gasteiger partial charge in [-0.3, -0.25) is 14.9 Å². The van der Waals surface area contributed by atoms with E-state index in [1.165, 1.54) is 18.2 Å². The molecule has 0 aliphatic heterocycles. The molecule has 1 unspecified atom stereocenters. The van der Waals surface area contributed by atoms with Crippen molar-refractivity contribution in [3.05, 3.63) is 86.7 Å². The maximum atomic E-state index is 13.2. The van der Waals surface area contributed by atoms with Crippen molar-refractivity contribution in [2.24, 2.45) is 5.92 Å². The molecule has 0 saturated heterocycles. The lowest BCUT2D eigenvalue weighted by atomic mass is 9.93. The summed E-state index contributed by atoms with van der Waals surface area (Å²) in [4.78, 5) is 36.2. The lowest BCUT2D eigenvalue weighted by Gasteiger charge is -2.18. The predicted molar refractivity (Wildman–Crippen MR) is 131 cm³/mol. The zero-order valence-electron chi connectivity index (χ0n) is 19.2. The highest BCUT2D eigenvalue weighted by molar-refractivity contribution is 6.32. The van der Waals surface area contributed by atoms with Gasteiger partial charge in [-0.05, 0) is 48.7 Å². The van der Waals surface area contributed by atoms with E-state index in [-0.39, 0.29) is 11.3 Å². The van der Waals surface area contributed by atoms with Crippen LogP contribution in [0.4, 0.5) is 11.4 Å². The van der Waals surface area contributed by atoms with Crippen LogP contribution in [0.15, 0.2) is 54.7 Å². The number of carbonyl (C=O) groups excluding carboxylic acids is 2. The second-order valence-electron chi connectivity index (χ2n) is 7.79. The van der Waals surface area contributed by atoms with Crippen LogP contribution in [0.2, 0.25) is 5.02 Å². The van der Waals surface area contributed by atoms with Gasteiger partial charge in [-0.1, -0.05) is 37.1 Å². The molecule has 3 rings (SSSR count). The van der Waals surface area contributed by atoms with Gasteiger partial charge in [-0.15, -0.1) is 0 Å². The van der Waals surface area contributed by atoms with Gasteiger partial charge in [-0.25, -0.2) is 4.79 Å². The standard InChI is InChI=1S/C25H23ClN4O5/c1-3-6-17(13-16-10-11-21(20(26)14-16)29-12-5-7-18(29)15-27)24(31)28-23-19(25(32)35-2)8-4-9-22(23)30(33)34/h4-5,7-12,14,17H,3,6,13H2,1-2H3,(H,28,31). The monoisotopic (exact) mass is 494 g/mol. The Balaban J connectivity index is 1.88. The van der Waals surface area contributed by atoms with Crippen LogP contribution >= 0.6 is 11.6 Å². The van der Waals surface area contributed by atoms with Gasteiger partial charge in [0.25, 0.3) is 5.69 Å². The molecule has 35 heavy (non-hydrogen) atoms. The number of para-hydroxylation sites is 1. The van der Waals surface area contributed by atoms with Gasteiger partial charge >= 0.3 is 5.97 Å². The molecular formula is C25H23ClN4O5. The number of aromatic nitrogens is 1. The Morgan fingerprint density at radius 1 is 1.26 bits per heavy atom. The molecule has 3 aromatic rings. The first-order chi connectivity index (χ1) is 16.8. The van der Waals surface area contributed by atoms with E-state index in [2.05, 4.69) is 11.4 Å². The highest BCUT2D eigenvalue weighted by Crippen LogP contribution is 2.31. The minimum Gasteiger partial charge on any atom is -0.465 e. The lowest BCUT2D eigenvalue weighted by Crippen LogP contribution is -2.26. The average molecular weight is 495 g/mol. The summed E-state index contributed by atoms with van der Waals surface area (Å²) in [5.74, 6) is -1.78. The van der Waals surface area contributed by atoms with Crippen LogP contribution in [0.1, 0.15) is 41.4 Å². The second-order valence-corrected chi connectivity index (χ2v) is 8.20. The molecule has 0 spiro atoms. The largest absolute Gasteiger partial charge is 0.465 e. The summed E-state index contributed by atoms with van der Waals surface area (Å²) in [5, 5.41) is 23.8. The summed E-state index contributed by atoms with van der Waals surface area (Å²) < 4.78 is 6.39. The molecule has 10 heteroatoms. The van der Waals surface area contributed by atoms with E-state index in [0.717, 1.165) is 12.7 Å². The molecule has 180 valence electrons. The summed E-state index contributed by atoms with van der Waals surface area (Å²) in [7, 11) is 1.16. The Hall–Kier alpha value is -4.16. The van der Waals surface area contributed by atoms with Crippen molar-refractivity contribution in [1.29, 1.82) is 5.26 Å². The molecule has 1 atom stereocenters. The van der Waals surface area contributed by atoms with Gasteiger partial charge in [0.2, 0.25) is 5.91 Å². The van der Waals surface area contributed by atoms with Gasteiger partial charge < -0.3 is 14.6 Å². The Bertz CT molecular complexity index is 1310. The van der Waals surface area contributed by atoms with Crippen molar-refractivity contribution < 1.29 is 19.2 Å². The maximum absolute atomic E-state index is 13.2. The van der Waals surface area contributed by atoms with Gasteiger partial charge in [0, 0.05) is 18.2 Å². The summed E-state index contributed by atoms with van der Waals surface area (Å²) in [6.07, 6.45) is 3.26. The Labute approximate surface area is 207 Å². The van der Waals surface area contributed by atoms with Gasteiger partial charge in [0.15, 0.2) is 0 Å². The molecule has 0 radical (unpaired) electrons. The summed E-state index contributed by atoms with van der Waals surface area (Å²) in [6.45, 7) is 1.93. The molecule has 1 aromatic heterocycles. The number of hydrogen-bond donors (Lipinski definition) is 1. The first-order valence-corrected chi connectivity index (χ1v) is 11.2. The van der Waals surface area contributed by atoms with E-state index < -0.39 is 28.4 Å². The van der Waals surface area contributed by atoms with Crippen molar-refractivity contribution in [1.82, 2.24) is 4.57 Å². The number of benzene rings is 2. The number of halogens is 1. The highest BCUT2D eigenvalue weighted by atomic mass is 35.5. The summed E-state index contributed by atoms with van der Waals surface area (Å²) in [6, 6.07) is 14.8. The molecule has 0 aliphatic rings. The number of rotatable bonds is 9. The maximum Gasteiger partial charge on any atom is 0.340 e. The predicted octanol–water partition coefficient (Wildman–Crippen LogP) is 5.29. The molecule has 2 aromatic carbocycles. The first-order valence-electron chi connectivity index (χ1n) is 10.8. The Morgan fingerprint density at radius 3 is 2.66 bits per heavy atom. The molecule has 0 aliphatic carbocycles. The number of nitro groups is 1. The quantitative estimate of drug-likeness (QED) is 0.244. The lowest BCUT2D eigenvalue weighted by molar-refractivity contribution is -0.384. The third-order valence-electron chi connectivity index (χ3n) is 5.52. The van der Waals surface area contributed by atoms with Crippen LogP contribution in [-0.2, 0) is 16.0 Å². The molecule has 0 fully saturated rings. The number of hydrogen-bond acceptors (Lipinski definition) is 6. The zero-order chi connectivity index (χ0) is 25.5. The van der Waals surface area contributed by atoms with Crippen molar-refractivity contribution >= 4 is 34.9 Å². The van der Waals surface area contributed by atoms with E-state index in [1.54, 1.807) is 35.0 Å². The van der Waals surface area contributed by atoms with Gasteiger partial charge in [-0.2, -0.15) is 5.26 Å². The topological polar surface area (TPSA) is 127 Å². The highest BCUT2D eigenvalue weighted by Gasteiger charge is 2.27. The third-order valence-corrected chi connectivity index (χ3v) is 5.82. The number of anilines is 1. The SMILES string of the molecule is CCCC(Cc1ccc(-n2cccc2C#N)c(Cl)c1)C(=O)Nc1c(C(=O)OC)cccc1[N+](=O)[O-]. The minimum atomic E-state index is -0.792. The molecule has 0 saturated carbocycles. The van der Waals surface area contributed by atoms with Crippen molar-refractivity contribution in [2.45, 2.75) is 26.2 Å². The van der Waals surface area contributed by atoms with E-state index in [4.69, 9.17) is 16.3 Å². The Kier molecular flexibility index (Phi) is 8.23. The summed E-state index contributed by atoms with van der Waals surface area (Å²) >= 11 is 6.49. The molecule has 0 bridgehead atoms. The number of nitrogens with zero attached hydrogens (tertiary/aromatic N) is 3. The van der Waals surface area contributed by atoms with Crippen molar-refractivity contribution in [2.75, 3.05) is 12.4 Å². The fourth-order valence-corrected chi connectivity index (χ4v) is 4.14. The van der Waals surface area contributed by atoms with Crippen LogP contribution in [0.5, 0.6) is 0 Å². The molecule has 1 N–H and O–H groups in total. The van der Waals surface area contributed by atoms with E-state index in [1.807, 2.05) is 13.0 Å². The van der Waals surface area contributed by atoms with Gasteiger partial charge in [0.1, 0.15) is 17.5 Å². The number of carbonyl (C=O) groups is 2. The minimum absolute atomic E-state index is 0.0993. The third kappa shape index (κ3) is 5.67. The number of amides is 1. The molecule has 1 heterocycles. The van der Waals surface area contributed by atoms with Crippen LogP contribution in [-0.4, -0.2) is 28.5 Å². The van der Waals surface area contributed by atoms with Crippen LogP contribution in [0.25, 0.3) is 5.69 Å². The van der Waals surface area contributed by atoms with Crippen molar-refractivity contribution in [3.8, 4) is 11.8 Å². The molecule has 1 amide bonds. The number of methoxy groups -OCH3 is 1. The number of nitrogens with one attached hydrogen (secondary N) is 1. The summed E-state index contributed by atoms with van der Waals surface area (Å²) in [5.41, 5.74) is 1.17. The van der Waals surface area contributed by atoms with Gasteiger partial charge in [0.05, 0.1) is 28.3 Å². The van der Waals surface area contributed by atoms with Crippen molar-refractivity contribution in [3.63, 3.8) is 0 Å². The zero-order valence-corrected chi connectivity index (χ0v) is 19.9. The Morgan fingerprint density at radius 2 is 2.03 bits per heavy atom. The number of nitriles is 1. The average Bonchev–Trinajstić information content (AvgIpc) is 3.32. The van der Waals surface area contributed by atoms with E-state index in [9.17, 15) is 25.0 Å². The molecular weight excluding hydrogens is 472 g/mol. The van der Waals surface area contributed by atoms with E-state index in [0.29, 0.717) is 35.7 Å².